The van der Waals surface area contributed by atoms with Gasteiger partial charge in [0.2, 0.25) is 7.71 Å². The molecule has 0 atom stereocenters. The van der Waals surface area contributed by atoms with Gasteiger partial charge in [-0.05, 0) is 0 Å². The van der Waals surface area contributed by atoms with Gasteiger partial charge in [0.1, 0.15) is 0 Å². The minimum atomic E-state index is -0.120. The number of rotatable bonds is 0. The van der Waals surface area contributed by atoms with Crippen LogP contribution in [-0.4, -0.2) is 12.3 Å². The Balaban J connectivity index is 2.60. The lowest BCUT2D eigenvalue weighted by Gasteiger charge is -1.15. The van der Waals surface area contributed by atoms with E-state index in [0.29, 0.717) is 0 Å². The molecule has 0 aromatic heterocycles. The van der Waals surface area contributed by atoms with Gasteiger partial charge in [0.25, 0.3) is 0 Å². The van der Waals surface area contributed by atoms with Crippen LogP contribution in [0.15, 0.2) is 0 Å². The Morgan fingerprint density at radius 2 is 1.75 bits per heavy atom. The molecule has 1 aliphatic heterocycles. The zero-order chi connectivity index (χ0) is 2.99. The molecule has 2 heteroatoms. The van der Waals surface area contributed by atoms with Crippen molar-refractivity contribution >= 4 is 7.71 Å². The summed E-state index contributed by atoms with van der Waals surface area (Å²) >= 11 is 0. The molecule has 0 saturated carbocycles. The second-order valence-corrected chi connectivity index (χ2v) is 2.96. The molecule has 22 valence electrons. The zero-order valence-electron chi connectivity index (χ0n) is 2.36. The third kappa shape index (κ3) is 0.264. The van der Waals surface area contributed by atoms with Crippen molar-refractivity contribution < 1.29 is 0 Å². The van der Waals surface area contributed by atoms with Crippen molar-refractivity contribution in [2.24, 2.45) is 0 Å². The second-order valence-electron chi connectivity index (χ2n) is 0.987. The summed E-state index contributed by atoms with van der Waals surface area (Å²) in [4.78, 5) is 0. The molecule has 1 saturated heterocycles. The Labute approximate surface area is 26.3 Å². The third-order valence-corrected chi connectivity index (χ3v) is 1.34. The van der Waals surface area contributed by atoms with Gasteiger partial charge >= 0.3 is 0 Å². The largest absolute Gasteiger partial charge is 0.205 e. The lowest BCUT2D eigenvalue weighted by molar-refractivity contribution is 1.64. The van der Waals surface area contributed by atoms with Crippen LogP contribution in [0.3, 0.4) is 0 Å². The molecule has 4 heavy (non-hydrogen) atoms. The summed E-state index contributed by atoms with van der Waals surface area (Å²) in [5, 5.41) is 6.76. The van der Waals surface area contributed by atoms with Gasteiger partial charge in [-0.15, -0.1) is 5.16 Å². The molecule has 1 N–H and O–H groups in total. The Bertz CT molecular complexity index is 44.0. The predicted octanol–water partition coefficient (Wildman–Crippen LogP) is 1.24. The zero-order valence-corrected chi connectivity index (χ0v) is 3.26. The van der Waals surface area contributed by atoms with Gasteiger partial charge in [-0.1, -0.05) is 0 Å². The number of hydrogen-bond acceptors (Lipinski definition) is 1. The average molecular weight is 74.0 g/mol. The van der Waals surface area contributed by atoms with Crippen molar-refractivity contribution in [3.05, 3.63) is 0 Å². The maximum Gasteiger partial charge on any atom is 0.205 e. The van der Waals surface area contributed by atoms with Crippen LogP contribution in [0.4, 0.5) is 0 Å². The van der Waals surface area contributed by atoms with Crippen molar-refractivity contribution in [3.8, 4) is 0 Å². The minimum absolute atomic E-state index is 0.120. The maximum absolute atomic E-state index is 6.76. The lowest BCUT2D eigenvalue weighted by atomic mass is 11.0. The summed E-state index contributed by atoms with van der Waals surface area (Å²) in [6.45, 7) is 0. The summed E-state index contributed by atoms with van der Waals surface area (Å²) in [5.74, 6) is 0. The van der Waals surface area contributed by atoms with E-state index in [9.17, 15) is 0 Å². The first-order valence-corrected chi connectivity index (χ1v) is 3.07. The molecule has 0 bridgehead atoms. The molecule has 0 unspecified atom stereocenters. The van der Waals surface area contributed by atoms with E-state index >= 15 is 0 Å². The quantitative estimate of drug-likeness (QED) is 0.418. The van der Waals surface area contributed by atoms with E-state index in [2.05, 4.69) is 0 Å². The Morgan fingerprint density at radius 1 is 1.50 bits per heavy atom. The number of nitrogens with one attached hydrogen (secondary N) is 1. The van der Waals surface area contributed by atoms with Crippen LogP contribution < -0.4 is 0 Å². The average Bonchev–Trinajstić information content (AvgIpc) is 1.75. The molecule has 0 spiro atoms. The van der Waals surface area contributed by atoms with Crippen LogP contribution in [0.5, 0.6) is 0 Å². The summed E-state index contributed by atoms with van der Waals surface area (Å²) in [5.41, 5.74) is 0. The summed E-state index contributed by atoms with van der Waals surface area (Å²) in [6, 6.07) is 0. The molecule has 0 aliphatic carbocycles. The second kappa shape index (κ2) is 0.526. The van der Waals surface area contributed by atoms with Gasteiger partial charge in [0, 0.05) is 0 Å². The highest BCUT2D eigenvalue weighted by Gasteiger charge is 2.26. The molecule has 1 rings (SSSR count). The molecule has 0 aromatic rings. The van der Waals surface area contributed by atoms with Gasteiger partial charge in [0.05, 0.1) is 0 Å². The maximum atomic E-state index is 6.76. The van der Waals surface area contributed by atoms with E-state index in [4.69, 9.17) is 5.16 Å². The van der Waals surface area contributed by atoms with Crippen LogP contribution in [0.2, 0.25) is 0 Å². The third-order valence-electron chi connectivity index (χ3n) is 0.447. The highest BCUT2D eigenvalue weighted by Crippen LogP contribution is 2.36. The van der Waals surface area contributed by atoms with E-state index in [1.165, 1.54) is 12.3 Å². The fourth-order valence-electron chi connectivity index (χ4n) is 0.0500. The van der Waals surface area contributed by atoms with Crippen molar-refractivity contribution in [1.82, 2.24) is 0 Å². The SMILES string of the molecule is N=[P+]1CC1. The Morgan fingerprint density at radius 3 is 1.75 bits per heavy atom. The smallest absolute Gasteiger partial charge is 0.124 e. The molecule has 0 aromatic carbocycles. The van der Waals surface area contributed by atoms with Crippen molar-refractivity contribution in [3.63, 3.8) is 0 Å². The van der Waals surface area contributed by atoms with Crippen molar-refractivity contribution in [2.45, 2.75) is 0 Å². The highest BCUT2D eigenvalue weighted by atomic mass is 31.1. The molecule has 1 nitrogen and oxygen atoms in total. The van der Waals surface area contributed by atoms with Crippen molar-refractivity contribution in [1.29, 1.82) is 5.16 Å². The molecule has 0 amide bonds. The van der Waals surface area contributed by atoms with Crippen LogP contribution in [0.25, 0.3) is 0 Å². The van der Waals surface area contributed by atoms with Crippen molar-refractivity contribution in [2.75, 3.05) is 12.3 Å². The van der Waals surface area contributed by atoms with Crippen LogP contribution in [-0.2, 0) is 0 Å². The highest BCUT2D eigenvalue weighted by molar-refractivity contribution is 7.54. The standard InChI is InChI=1S/C2H5NP/c3-4-1-2-4/h3H,1-2H2/q+1. The van der Waals surface area contributed by atoms with E-state index in [0.717, 1.165) is 0 Å². The van der Waals surface area contributed by atoms with Crippen LogP contribution in [0, 0.1) is 5.16 Å². The monoisotopic (exact) mass is 74.0 g/mol. The first-order valence-electron chi connectivity index (χ1n) is 1.36. The van der Waals surface area contributed by atoms with Gasteiger partial charge in [0.15, 0.2) is 12.3 Å². The Hall–Kier alpha value is 0.100. The molecule has 1 heterocycles. The van der Waals surface area contributed by atoms with Gasteiger partial charge < -0.3 is 0 Å². The topological polar surface area (TPSA) is 23.9 Å². The fourth-order valence-corrected chi connectivity index (χ4v) is 0.450. The molecule has 1 fully saturated rings. The van der Waals surface area contributed by atoms with E-state index in [-0.39, 0.29) is 7.71 Å². The normalized spacial score (nSPS) is 21.5. The first kappa shape index (κ1) is 2.34. The van der Waals surface area contributed by atoms with Gasteiger partial charge in [-0.2, -0.15) is 0 Å². The van der Waals surface area contributed by atoms with E-state index < -0.39 is 0 Å². The summed E-state index contributed by atoms with van der Waals surface area (Å²) in [7, 11) is -0.120. The molecular weight excluding hydrogens is 69.0 g/mol. The summed E-state index contributed by atoms with van der Waals surface area (Å²) < 4.78 is 0. The molecule has 0 radical (unpaired) electrons. The van der Waals surface area contributed by atoms with E-state index in [1.807, 2.05) is 0 Å². The first-order chi connectivity index (χ1) is 1.89. The minimum Gasteiger partial charge on any atom is -0.124 e. The molecular formula is C2H5NP+. The number of hydrogen-bond donors (Lipinski definition) is 1. The van der Waals surface area contributed by atoms with E-state index in [1.54, 1.807) is 0 Å². The Kier molecular flexibility index (Phi) is 0.308. The van der Waals surface area contributed by atoms with Gasteiger partial charge in [-0.25, -0.2) is 0 Å². The molecule has 1 aliphatic rings. The fraction of sp³-hybridized carbons (Fsp3) is 1.00. The predicted molar refractivity (Wildman–Crippen MR) is 19.4 cm³/mol. The van der Waals surface area contributed by atoms with Gasteiger partial charge in [-0.3, -0.25) is 0 Å². The van der Waals surface area contributed by atoms with Crippen LogP contribution >= 0.6 is 7.71 Å². The lowest BCUT2D eigenvalue weighted by Crippen LogP contribution is -1.20. The van der Waals surface area contributed by atoms with Crippen LogP contribution in [0.1, 0.15) is 0 Å². The summed E-state index contributed by atoms with van der Waals surface area (Å²) in [6.07, 6.45) is 2.44.